The second-order valence-corrected chi connectivity index (χ2v) is 11.2. The molecule has 0 aromatic heterocycles. The van der Waals surface area contributed by atoms with E-state index in [0.29, 0.717) is 23.6 Å². The number of anilines is 1. The van der Waals surface area contributed by atoms with E-state index in [1.807, 2.05) is 67.6 Å². The van der Waals surface area contributed by atoms with Gasteiger partial charge < -0.3 is 10.1 Å². The van der Waals surface area contributed by atoms with Crippen LogP contribution >= 0.6 is 56.9 Å². The number of nitrogens with zero attached hydrogens (tertiary/aromatic N) is 1. The second kappa shape index (κ2) is 11.6. The molecule has 178 valence electrons. The number of halogens is 2. The van der Waals surface area contributed by atoms with Gasteiger partial charge in [-0.25, -0.2) is 0 Å². The van der Waals surface area contributed by atoms with Crippen LogP contribution in [0.1, 0.15) is 16.7 Å². The summed E-state index contributed by atoms with van der Waals surface area (Å²) in [5.41, 5.74) is 3.33. The predicted octanol–water partition coefficient (Wildman–Crippen LogP) is 6.46. The number of imide groups is 1. The number of carbonyl (C=O) groups excluding carboxylic acids is 3. The standard InChI is InChI=1S/C26H20I2N2O4S/c1-16-6-5-9-20(10-16)29-23(31)14-30-25(32)22(35-26(30)33)12-18-11-19(27)13-21(28)24(18)34-15-17-7-3-2-4-8-17/h2-13H,14-15H2,1H3,(H,29,31)/b22-12+. The van der Waals surface area contributed by atoms with Gasteiger partial charge in [-0.1, -0.05) is 42.5 Å². The van der Waals surface area contributed by atoms with Crippen molar-refractivity contribution in [3.8, 4) is 5.75 Å². The minimum atomic E-state index is -0.498. The number of amides is 3. The van der Waals surface area contributed by atoms with Gasteiger partial charge in [-0.3, -0.25) is 19.3 Å². The molecule has 0 unspecified atom stereocenters. The van der Waals surface area contributed by atoms with Crippen molar-refractivity contribution >= 4 is 85.8 Å². The van der Waals surface area contributed by atoms with Crippen molar-refractivity contribution in [1.82, 2.24) is 4.90 Å². The maximum absolute atomic E-state index is 13.0. The average Bonchev–Trinajstić information content (AvgIpc) is 3.06. The minimum Gasteiger partial charge on any atom is -0.487 e. The fourth-order valence-electron chi connectivity index (χ4n) is 3.41. The number of aryl methyl sites for hydroxylation is 1. The molecule has 3 aromatic rings. The van der Waals surface area contributed by atoms with Gasteiger partial charge in [0.25, 0.3) is 11.1 Å². The zero-order valence-corrected chi connectivity index (χ0v) is 23.7. The van der Waals surface area contributed by atoms with Crippen LogP contribution in [0.2, 0.25) is 0 Å². The van der Waals surface area contributed by atoms with Crippen molar-refractivity contribution in [3.63, 3.8) is 0 Å². The van der Waals surface area contributed by atoms with E-state index in [1.54, 1.807) is 12.1 Å². The summed E-state index contributed by atoms with van der Waals surface area (Å²) in [7, 11) is 0. The third-order valence-electron chi connectivity index (χ3n) is 5.03. The van der Waals surface area contributed by atoms with Gasteiger partial charge >= 0.3 is 0 Å². The Morgan fingerprint density at radius 1 is 1.06 bits per heavy atom. The highest BCUT2D eigenvalue weighted by Crippen LogP contribution is 2.36. The molecule has 6 nitrogen and oxygen atoms in total. The first-order valence-corrected chi connectivity index (χ1v) is 13.6. The number of hydrogen-bond donors (Lipinski definition) is 1. The van der Waals surface area contributed by atoms with Crippen molar-refractivity contribution in [2.75, 3.05) is 11.9 Å². The maximum Gasteiger partial charge on any atom is 0.294 e. The largest absolute Gasteiger partial charge is 0.487 e. The molecule has 35 heavy (non-hydrogen) atoms. The molecular weight excluding hydrogens is 690 g/mol. The van der Waals surface area contributed by atoms with Crippen LogP contribution in [0.3, 0.4) is 0 Å². The summed E-state index contributed by atoms with van der Waals surface area (Å²) < 4.78 is 7.98. The summed E-state index contributed by atoms with van der Waals surface area (Å²) in [6.07, 6.45) is 1.66. The molecule has 3 aromatic carbocycles. The quantitative estimate of drug-likeness (QED) is 0.225. The third kappa shape index (κ3) is 6.64. The molecule has 1 aliphatic heterocycles. The van der Waals surface area contributed by atoms with Gasteiger partial charge in [0.1, 0.15) is 18.9 Å². The lowest BCUT2D eigenvalue weighted by molar-refractivity contribution is -0.127. The molecule has 1 fully saturated rings. The molecule has 4 rings (SSSR count). The van der Waals surface area contributed by atoms with Crippen molar-refractivity contribution < 1.29 is 19.1 Å². The highest BCUT2D eigenvalue weighted by atomic mass is 127. The number of rotatable bonds is 7. The van der Waals surface area contributed by atoms with E-state index < -0.39 is 17.1 Å². The van der Waals surface area contributed by atoms with E-state index in [1.165, 1.54) is 0 Å². The zero-order valence-electron chi connectivity index (χ0n) is 18.6. The molecule has 0 aliphatic carbocycles. The van der Waals surface area contributed by atoms with Crippen LogP contribution in [0.25, 0.3) is 6.08 Å². The first-order valence-electron chi connectivity index (χ1n) is 10.6. The molecular formula is C26H20I2N2O4S. The highest BCUT2D eigenvalue weighted by Gasteiger charge is 2.36. The molecule has 1 heterocycles. The van der Waals surface area contributed by atoms with Gasteiger partial charge in [-0.2, -0.15) is 0 Å². The first-order chi connectivity index (χ1) is 16.8. The van der Waals surface area contributed by atoms with Crippen molar-refractivity contribution in [1.29, 1.82) is 0 Å². The molecule has 1 aliphatic rings. The van der Waals surface area contributed by atoms with E-state index in [2.05, 4.69) is 50.5 Å². The summed E-state index contributed by atoms with van der Waals surface area (Å²) >= 11 is 5.23. The van der Waals surface area contributed by atoms with Crippen molar-refractivity contribution in [3.05, 3.63) is 95.5 Å². The topological polar surface area (TPSA) is 75.7 Å². The van der Waals surface area contributed by atoms with Crippen LogP contribution in [0.15, 0.2) is 71.6 Å². The Morgan fingerprint density at radius 2 is 1.83 bits per heavy atom. The molecule has 9 heteroatoms. The number of nitrogens with one attached hydrogen (secondary N) is 1. The Kier molecular flexibility index (Phi) is 8.50. The molecule has 0 atom stereocenters. The van der Waals surface area contributed by atoms with Crippen LogP contribution < -0.4 is 10.1 Å². The second-order valence-electron chi connectivity index (χ2n) is 7.77. The van der Waals surface area contributed by atoms with Crippen LogP contribution in [0.5, 0.6) is 5.75 Å². The summed E-state index contributed by atoms with van der Waals surface area (Å²) in [4.78, 5) is 39.3. The van der Waals surface area contributed by atoms with Crippen molar-refractivity contribution in [2.45, 2.75) is 13.5 Å². The molecule has 1 N–H and O–H groups in total. The van der Waals surface area contributed by atoms with Gasteiger partial charge in [0.2, 0.25) is 5.91 Å². The van der Waals surface area contributed by atoms with Gasteiger partial charge in [0.05, 0.1) is 8.48 Å². The lowest BCUT2D eigenvalue weighted by atomic mass is 10.1. The van der Waals surface area contributed by atoms with E-state index in [9.17, 15) is 14.4 Å². The molecule has 1 saturated heterocycles. The average molecular weight is 710 g/mol. The predicted molar refractivity (Wildman–Crippen MR) is 155 cm³/mol. The normalized spacial score (nSPS) is 14.5. The van der Waals surface area contributed by atoms with Crippen LogP contribution in [-0.4, -0.2) is 28.5 Å². The van der Waals surface area contributed by atoms with Gasteiger partial charge in [-0.15, -0.1) is 0 Å². The maximum atomic E-state index is 13.0. The summed E-state index contributed by atoms with van der Waals surface area (Å²) in [6, 6.07) is 21.0. The van der Waals surface area contributed by atoms with Gasteiger partial charge in [0, 0.05) is 14.8 Å². The Labute approximate surface area is 234 Å². The summed E-state index contributed by atoms with van der Waals surface area (Å²) in [5.74, 6) is -0.295. The SMILES string of the molecule is Cc1cccc(NC(=O)CN2C(=O)S/C(=C/c3cc(I)cc(I)c3OCc3ccccc3)C2=O)c1. The molecule has 0 radical (unpaired) electrons. The Bertz CT molecular complexity index is 1330. The van der Waals surface area contributed by atoms with Crippen molar-refractivity contribution in [2.24, 2.45) is 0 Å². The fourth-order valence-corrected chi connectivity index (χ4v) is 6.29. The number of hydrogen-bond acceptors (Lipinski definition) is 5. The van der Waals surface area contributed by atoms with Gasteiger partial charge in [-0.05, 0) is 105 Å². The smallest absolute Gasteiger partial charge is 0.294 e. The lowest BCUT2D eigenvalue weighted by Gasteiger charge is -2.13. The summed E-state index contributed by atoms with van der Waals surface area (Å²) in [6.45, 7) is 1.94. The Hall–Kier alpha value is -2.38. The van der Waals surface area contributed by atoms with E-state index in [0.717, 1.165) is 34.9 Å². The van der Waals surface area contributed by atoms with Crippen LogP contribution in [0.4, 0.5) is 10.5 Å². The van der Waals surface area contributed by atoms with Crippen LogP contribution in [-0.2, 0) is 16.2 Å². The Morgan fingerprint density at radius 3 is 2.57 bits per heavy atom. The number of ether oxygens (including phenoxy) is 1. The van der Waals surface area contributed by atoms with E-state index in [4.69, 9.17) is 4.74 Å². The third-order valence-corrected chi connectivity index (χ3v) is 7.36. The first kappa shape index (κ1) is 25.7. The molecule has 0 bridgehead atoms. The lowest BCUT2D eigenvalue weighted by Crippen LogP contribution is -2.36. The number of carbonyl (C=O) groups is 3. The molecule has 3 amide bonds. The monoisotopic (exact) mass is 710 g/mol. The molecule has 0 saturated carbocycles. The van der Waals surface area contributed by atoms with Gasteiger partial charge in [0.15, 0.2) is 0 Å². The fraction of sp³-hybridized carbons (Fsp3) is 0.115. The zero-order chi connectivity index (χ0) is 24.9. The highest BCUT2D eigenvalue weighted by molar-refractivity contribution is 14.1. The van der Waals surface area contributed by atoms with Crippen LogP contribution in [0, 0.1) is 14.1 Å². The van der Waals surface area contributed by atoms with E-state index >= 15 is 0 Å². The molecule has 0 spiro atoms. The Balaban J connectivity index is 1.52. The van der Waals surface area contributed by atoms with E-state index in [-0.39, 0.29) is 11.4 Å². The minimum absolute atomic E-state index is 0.251. The summed E-state index contributed by atoms with van der Waals surface area (Å²) in [5, 5.41) is 2.26. The number of thioether (sulfide) groups is 1. The number of benzene rings is 3.